The van der Waals surface area contributed by atoms with Gasteiger partial charge in [-0.05, 0) is 32.2 Å². The van der Waals surface area contributed by atoms with Crippen molar-refractivity contribution in [2.75, 3.05) is 26.8 Å². The first-order valence-electron chi connectivity index (χ1n) is 8.49. The Balaban J connectivity index is 1.93. The van der Waals surface area contributed by atoms with Crippen molar-refractivity contribution < 1.29 is 23.8 Å². The van der Waals surface area contributed by atoms with E-state index in [-0.39, 0.29) is 12.1 Å². The highest BCUT2D eigenvalue weighted by Crippen LogP contribution is 2.38. The minimum atomic E-state index is -0.558. The van der Waals surface area contributed by atoms with Gasteiger partial charge in [-0.25, -0.2) is 9.59 Å². The third kappa shape index (κ3) is 3.83. The van der Waals surface area contributed by atoms with E-state index in [1.54, 1.807) is 4.90 Å². The van der Waals surface area contributed by atoms with E-state index in [4.69, 9.17) is 14.2 Å². The molecular formula is C19H23NO5S. The zero-order valence-corrected chi connectivity index (χ0v) is 16.2. The largest absolute Gasteiger partial charge is 0.465 e. The number of methoxy groups -OCH3 is 1. The summed E-state index contributed by atoms with van der Waals surface area (Å²) in [6.45, 7) is 6.69. The Morgan fingerprint density at radius 2 is 2.00 bits per heavy atom. The second-order valence-corrected chi connectivity index (χ2v) is 8.17. The lowest BCUT2D eigenvalue weighted by Crippen LogP contribution is -2.44. The van der Waals surface area contributed by atoms with Crippen molar-refractivity contribution in [3.8, 4) is 0 Å². The van der Waals surface area contributed by atoms with Crippen LogP contribution >= 0.6 is 11.3 Å². The SMILES string of the molecule is COC(=O)c1sc2ccccc2c1C1CN(C(=O)OC(C)(C)C)CCO1. The summed E-state index contributed by atoms with van der Waals surface area (Å²) in [5.74, 6) is -0.390. The average Bonchev–Trinajstić information content (AvgIpc) is 2.99. The predicted octanol–water partition coefficient (Wildman–Crippen LogP) is 4.00. The number of thiophene rings is 1. The zero-order valence-electron chi connectivity index (χ0n) is 15.4. The van der Waals surface area contributed by atoms with E-state index in [9.17, 15) is 9.59 Å². The number of esters is 1. The lowest BCUT2D eigenvalue weighted by Gasteiger charge is -2.34. The maximum absolute atomic E-state index is 12.4. The van der Waals surface area contributed by atoms with Gasteiger partial charge < -0.3 is 19.1 Å². The first-order chi connectivity index (χ1) is 12.3. The van der Waals surface area contributed by atoms with Crippen LogP contribution in [0.1, 0.15) is 42.1 Å². The molecule has 2 heterocycles. The predicted molar refractivity (Wildman–Crippen MR) is 99.7 cm³/mol. The summed E-state index contributed by atoms with van der Waals surface area (Å²) >= 11 is 1.38. The first-order valence-corrected chi connectivity index (χ1v) is 9.31. The molecule has 0 aliphatic carbocycles. The third-order valence-corrected chi connectivity index (χ3v) is 5.21. The Labute approximate surface area is 156 Å². The first kappa shape index (κ1) is 18.7. The Bertz CT molecular complexity index is 823. The summed E-state index contributed by atoms with van der Waals surface area (Å²) in [4.78, 5) is 26.9. The standard InChI is InChI=1S/C19H23NO5S/c1-19(2,3)25-18(22)20-9-10-24-13(11-20)15-12-7-5-6-8-14(12)26-16(15)17(21)23-4/h5-8,13H,9-11H2,1-4H3. The minimum absolute atomic E-state index is 0.333. The highest BCUT2D eigenvalue weighted by molar-refractivity contribution is 7.21. The minimum Gasteiger partial charge on any atom is -0.465 e. The van der Waals surface area contributed by atoms with E-state index >= 15 is 0 Å². The summed E-state index contributed by atoms with van der Waals surface area (Å²) in [7, 11) is 1.37. The van der Waals surface area contributed by atoms with Crippen molar-refractivity contribution >= 4 is 33.5 Å². The zero-order chi connectivity index (χ0) is 18.9. The highest BCUT2D eigenvalue weighted by atomic mass is 32.1. The number of hydrogen-bond donors (Lipinski definition) is 0. The van der Waals surface area contributed by atoms with Crippen LogP contribution < -0.4 is 0 Å². The van der Waals surface area contributed by atoms with Crippen LogP contribution in [-0.2, 0) is 14.2 Å². The number of carbonyl (C=O) groups is 2. The number of nitrogens with zero attached hydrogens (tertiary/aromatic N) is 1. The number of amides is 1. The van der Waals surface area contributed by atoms with Crippen molar-refractivity contribution in [3.63, 3.8) is 0 Å². The highest BCUT2D eigenvalue weighted by Gasteiger charge is 2.33. The molecule has 0 bridgehead atoms. The van der Waals surface area contributed by atoms with Gasteiger partial charge in [0.25, 0.3) is 0 Å². The maximum atomic E-state index is 12.4. The number of hydrogen-bond acceptors (Lipinski definition) is 6. The summed E-state index contributed by atoms with van der Waals surface area (Å²) in [5, 5.41) is 0.953. The molecular weight excluding hydrogens is 354 g/mol. The van der Waals surface area contributed by atoms with E-state index in [0.717, 1.165) is 15.6 Å². The number of carbonyl (C=O) groups excluding carboxylic acids is 2. The van der Waals surface area contributed by atoms with Crippen molar-refractivity contribution in [1.82, 2.24) is 4.90 Å². The van der Waals surface area contributed by atoms with Crippen molar-refractivity contribution in [1.29, 1.82) is 0 Å². The second-order valence-electron chi connectivity index (χ2n) is 7.12. The van der Waals surface area contributed by atoms with E-state index in [0.29, 0.717) is 24.6 Å². The molecule has 0 spiro atoms. The molecule has 1 aliphatic heterocycles. The number of morpholine rings is 1. The summed E-state index contributed by atoms with van der Waals surface area (Å²) in [5.41, 5.74) is 0.225. The van der Waals surface area contributed by atoms with E-state index < -0.39 is 11.7 Å². The lowest BCUT2D eigenvalue weighted by molar-refractivity contribution is -0.0429. The molecule has 0 radical (unpaired) electrons. The van der Waals surface area contributed by atoms with Gasteiger partial charge in [-0.3, -0.25) is 0 Å². The van der Waals surface area contributed by atoms with Crippen molar-refractivity contribution in [3.05, 3.63) is 34.7 Å². The molecule has 3 rings (SSSR count). The molecule has 1 amide bonds. The van der Waals surface area contributed by atoms with Gasteiger partial charge in [0.05, 0.1) is 20.3 Å². The summed E-state index contributed by atoms with van der Waals surface area (Å²) in [6, 6.07) is 7.78. The average molecular weight is 377 g/mol. The number of fused-ring (bicyclic) bond motifs is 1. The van der Waals surface area contributed by atoms with Crippen molar-refractivity contribution in [2.24, 2.45) is 0 Å². The van der Waals surface area contributed by atoms with Gasteiger partial charge in [0, 0.05) is 16.8 Å². The molecule has 0 N–H and O–H groups in total. The molecule has 1 unspecified atom stereocenters. The number of benzene rings is 1. The topological polar surface area (TPSA) is 65.1 Å². The van der Waals surface area contributed by atoms with Gasteiger partial charge in [-0.2, -0.15) is 0 Å². The molecule has 1 aliphatic rings. The van der Waals surface area contributed by atoms with Crippen LogP contribution in [0, 0.1) is 0 Å². The van der Waals surface area contributed by atoms with Crippen LogP contribution in [0.25, 0.3) is 10.1 Å². The van der Waals surface area contributed by atoms with Crippen LogP contribution in [0.2, 0.25) is 0 Å². The molecule has 7 heteroatoms. The summed E-state index contributed by atoms with van der Waals surface area (Å²) < 4.78 is 17.3. The lowest BCUT2D eigenvalue weighted by atomic mass is 10.0. The molecule has 1 saturated heterocycles. The molecule has 140 valence electrons. The van der Waals surface area contributed by atoms with Gasteiger partial charge in [-0.1, -0.05) is 18.2 Å². The van der Waals surface area contributed by atoms with E-state index in [2.05, 4.69) is 0 Å². The van der Waals surface area contributed by atoms with E-state index in [1.165, 1.54) is 18.4 Å². The van der Waals surface area contributed by atoms with Crippen LogP contribution in [0.4, 0.5) is 4.79 Å². The smallest absolute Gasteiger partial charge is 0.410 e. The third-order valence-electron chi connectivity index (χ3n) is 4.04. The van der Waals surface area contributed by atoms with Gasteiger partial charge >= 0.3 is 12.1 Å². The molecule has 0 saturated carbocycles. The normalized spacial score (nSPS) is 18.0. The number of ether oxygens (including phenoxy) is 3. The fourth-order valence-corrected chi connectivity index (χ4v) is 4.12. The maximum Gasteiger partial charge on any atom is 0.410 e. The second kappa shape index (κ2) is 7.25. The Kier molecular flexibility index (Phi) is 5.20. The fraction of sp³-hybridized carbons (Fsp3) is 0.474. The van der Waals surface area contributed by atoms with Crippen LogP contribution in [0.15, 0.2) is 24.3 Å². The fourth-order valence-electron chi connectivity index (χ4n) is 2.95. The Morgan fingerprint density at radius 1 is 1.27 bits per heavy atom. The van der Waals surface area contributed by atoms with Crippen LogP contribution in [-0.4, -0.2) is 49.4 Å². The number of rotatable bonds is 2. The molecule has 1 atom stereocenters. The molecule has 26 heavy (non-hydrogen) atoms. The monoisotopic (exact) mass is 377 g/mol. The van der Waals surface area contributed by atoms with Gasteiger partial charge in [0.15, 0.2) is 0 Å². The molecule has 1 fully saturated rings. The van der Waals surface area contributed by atoms with Gasteiger partial charge in [0.2, 0.25) is 0 Å². The Morgan fingerprint density at radius 3 is 2.69 bits per heavy atom. The summed E-state index contributed by atoms with van der Waals surface area (Å²) in [6.07, 6.45) is -0.772. The molecule has 1 aromatic carbocycles. The molecule has 6 nitrogen and oxygen atoms in total. The quantitative estimate of drug-likeness (QED) is 0.740. The van der Waals surface area contributed by atoms with E-state index in [1.807, 2.05) is 45.0 Å². The van der Waals surface area contributed by atoms with Gasteiger partial charge in [0.1, 0.15) is 16.6 Å². The van der Waals surface area contributed by atoms with Crippen LogP contribution in [0.5, 0.6) is 0 Å². The van der Waals surface area contributed by atoms with Gasteiger partial charge in [-0.15, -0.1) is 11.3 Å². The van der Waals surface area contributed by atoms with Crippen LogP contribution in [0.3, 0.4) is 0 Å². The Hall–Kier alpha value is -2.12. The molecule has 2 aromatic rings. The molecule has 1 aromatic heterocycles. The van der Waals surface area contributed by atoms with Crippen molar-refractivity contribution in [2.45, 2.75) is 32.5 Å².